The van der Waals surface area contributed by atoms with Crippen LogP contribution in [0.15, 0.2) is 36.4 Å². The molecule has 0 bridgehead atoms. The van der Waals surface area contributed by atoms with Crippen molar-refractivity contribution in [3.63, 3.8) is 0 Å². The van der Waals surface area contributed by atoms with Crippen LogP contribution in [0.5, 0.6) is 0 Å². The maximum absolute atomic E-state index is 3.73. The van der Waals surface area contributed by atoms with E-state index in [0.29, 0.717) is 6.04 Å². The molecule has 108 valence electrons. The lowest BCUT2D eigenvalue weighted by atomic mass is 9.71. The molecule has 0 aliphatic heterocycles. The van der Waals surface area contributed by atoms with E-state index in [0.717, 1.165) is 31.5 Å². The Kier molecular flexibility index (Phi) is 4.11. The molecule has 2 heteroatoms. The highest BCUT2D eigenvalue weighted by Gasteiger charge is 2.40. The zero-order chi connectivity index (χ0) is 13.9. The van der Waals surface area contributed by atoms with Crippen molar-refractivity contribution >= 4 is 5.69 Å². The Morgan fingerprint density at radius 2 is 2.10 bits per heavy atom. The molecule has 0 radical (unpaired) electrons. The summed E-state index contributed by atoms with van der Waals surface area (Å²) in [7, 11) is 0. The molecule has 1 aromatic rings. The molecular weight excluding hydrogens is 244 g/mol. The molecule has 1 fully saturated rings. The number of hydrogen-bond acceptors (Lipinski definition) is 2. The van der Waals surface area contributed by atoms with E-state index in [4.69, 9.17) is 0 Å². The van der Waals surface area contributed by atoms with Crippen molar-refractivity contribution in [2.24, 2.45) is 11.8 Å². The average Bonchev–Trinajstić information content (AvgIpc) is 2.84. The first-order valence-corrected chi connectivity index (χ1v) is 8.04. The number of benzene rings is 1. The lowest BCUT2D eigenvalue weighted by molar-refractivity contribution is 0.218. The highest BCUT2D eigenvalue weighted by molar-refractivity contribution is 5.47. The molecule has 0 spiro atoms. The second kappa shape index (κ2) is 6.01. The highest BCUT2D eigenvalue weighted by atomic mass is 15.1. The van der Waals surface area contributed by atoms with Crippen LogP contribution in [0.4, 0.5) is 5.69 Å². The minimum atomic E-state index is 0.655. The molecule has 2 aliphatic rings. The third-order valence-corrected chi connectivity index (χ3v) is 4.94. The van der Waals surface area contributed by atoms with Gasteiger partial charge in [0.2, 0.25) is 0 Å². The Bertz CT molecular complexity index is 476. The molecule has 0 aromatic heterocycles. The summed E-state index contributed by atoms with van der Waals surface area (Å²) in [5.74, 6) is 1.70. The summed E-state index contributed by atoms with van der Waals surface area (Å²) in [6, 6.07) is 9.61. The van der Waals surface area contributed by atoms with E-state index in [1.807, 2.05) is 0 Å². The van der Waals surface area contributed by atoms with Gasteiger partial charge in [0, 0.05) is 24.2 Å². The summed E-state index contributed by atoms with van der Waals surface area (Å²) in [4.78, 5) is 2.46. The second-order valence-corrected chi connectivity index (χ2v) is 6.15. The van der Waals surface area contributed by atoms with Crippen molar-refractivity contribution in [1.82, 2.24) is 4.90 Å². The van der Waals surface area contributed by atoms with Crippen LogP contribution in [0.1, 0.15) is 32.3 Å². The van der Waals surface area contributed by atoms with Gasteiger partial charge in [0.1, 0.15) is 0 Å². The Labute approximate surface area is 122 Å². The normalized spacial score (nSPS) is 27.4. The summed E-state index contributed by atoms with van der Waals surface area (Å²) in [6.45, 7) is 7.74. The van der Waals surface area contributed by atoms with Crippen molar-refractivity contribution < 1.29 is 0 Å². The largest absolute Gasteiger partial charge is 0.382 e. The van der Waals surface area contributed by atoms with Crippen molar-refractivity contribution in [3.05, 3.63) is 42.0 Å². The van der Waals surface area contributed by atoms with Crippen LogP contribution in [-0.2, 0) is 6.54 Å². The maximum Gasteiger partial charge on any atom is 0.0345 e. The van der Waals surface area contributed by atoms with Crippen molar-refractivity contribution in [2.45, 2.75) is 39.3 Å². The van der Waals surface area contributed by atoms with Crippen molar-refractivity contribution in [3.8, 4) is 0 Å². The Hall–Kier alpha value is -1.28. The molecule has 20 heavy (non-hydrogen) atoms. The Morgan fingerprint density at radius 3 is 2.85 bits per heavy atom. The number of nitrogens with one attached hydrogen (secondary N) is 1. The molecule has 0 heterocycles. The fourth-order valence-corrected chi connectivity index (χ4v) is 3.56. The summed E-state index contributed by atoms with van der Waals surface area (Å²) in [6.07, 6.45) is 7.39. The highest BCUT2D eigenvalue weighted by Crippen LogP contribution is 2.44. The number of rotatable bonds is 6. The van der Waals surface area contributed by atoms with Crippen LogP contribution < -0.4 is 5.32 Å². The van der Waals surface area contributed by atoms with E-state index in [9.17, 15) is 0 Å². The molecule has 1 saturated carbocycles. The predicted molar refractivity (Wildman–Crippen MR) is 85.8 cm³/mol. The average molecular weight is 270 g/mol. The zero-order valence-electron chi connectivity index (χ0n) is 12.7. The molecular formula is C18H26N2. The fraction of sp³-hybridized carbons (Fsp3) is 0.556. The third-order valence-electron chi connectivity index (χ3n) is 4.94. The molecule has 2 nitrogen and oxygen atoms in total. The summed E-state index contributed by atoms with van der Waals surface area (Å²) >= 11 is 0. The number of fused-ring (bicyclic) bond motifs is 1. The van der Waals surface area contributed by atoms with Crippen molar-refractivity contribution in [2.75, 3.05) is 18.4 Å². The van der Waals surface area contributed by atoms with Gasteiger partial charge in [-0.15, -0.1) is 0 Å². The lowest BCUT2D eigenvalue weighted by Gasteiger charge is -2.41. The van der Waals surface area contributed by atoms with Gasteiger partial charge < -0.3 is 5.32 Å². The molecule has 3 atom stereocenters. The molecule has 1 N–H and O–H groups in total. The monoisotopic (exact) mass is 270 g/mol. The fourth-order valence-electron chi connectivity index (χ4n) is 3.56. The van der Waals surface area contributed by atoms with Gasteiger partial charge in [-0.1, -0.05) is 38.1 Å². The SMILES string of the molecule is CCN(CC)Cc1cccc(NC2CC3CC=CC32)c1. The van der Waals surface area contributed by atoms with Crippen LogP contribution in [0.25, 0.3) is 0 Å². The lowest BCUT2D eigenvalue weighted by Crippen LogP contribution is -2.43. The maximum atomic E-state index is 3.73. The topological polar surface area (TPSA) is 15.3 Å². The number of allylic oxidation sites excluding steroid dienone is 1. The van der Waals surface area contributed by atoms with Crippen molar-refractivity contribution in [1.29, 1.82) is 0 Å². The smallest absolute Gasteiger partial charge is 0.0345 e. The van der Waals surface area contributed by atoms with Gasteiger partial charge in [0.25, 0.3) is 0 Å². The van der Waals surface area contributed by atoms with Gasteiger partial charge in [0.05, 0.1) is 0 Å². The standard InChI is InChI=1S/C18H26N2/c1-3-20(4-2)13-14-7-5-9-16(11-14)19-18-12-15-8-6-10-17(15)18/h5-7,9-11,15,17-19H,3-4,8,12-13H2,1-2H3. The quantitative estimate of drug-likeness (QED) is 0.789. The first-order chi connectivity index (χ1) is 9.80. The molecule has 0 saturated heterocycles. The van der Waals surface area contributed by atoms with E-state index in [2.05, 4.69) is 60.5 Å². The van der Waals surface area contributed by atoms with Gasteiger partial charge in [-0.2, -0.15) is 0 Å². The van der Waals surface area contributed by atoms with Gasteiger partial charge in [0.15, 0.2) is 0 Å². The molecule has 3 rings (SSSR count). The van der Waals surface area contributed by atoms with Gasteiger partial charge >= 0.3 is 0 Å². The van der Waals surface area contributed by atoms with E-state index < -0.39 is 0 Å². The van der Waals surface area contributed by atoms with E-state index in [1.54, 1.807) is 0 Å². The molecule has 1 aromatic carbocycles. The Balaban J connectivity index is 1.61. The minimum Gasteiger partial charge on any atom is -0.382 e. The third kappa shape index (κ3) is 2.76. The first-order valence-electron chi connectivity index (χ1n) is 8.04. The van der Waals surface area contributed by atoms with Crippen LogP contribution in [0.2, 0.25) is 0 Å². The zero-order valence-corrected chi connectivity index (χ0v) is 12.7. The van der Waals surface area contributed by atoms with E-state index in [1.165, 1.54) is 24.1 Å². The summed E-state index contributed by atoms with van der Waals surface area (Å²) < 4.78 is 0. The van der Waals surface area contributed by atoms with Crippen LogP contribution in [0.3, 0.4) is 0 Å². The van der Waals surface area contributed by atoms with Crippen LogP contribution in [0, 0.1) is 11.8 Å². The molecule has 2 aliphatic carbocycles. The van der Waals surface area contributed by atoms with Crippen LogP contribution in [-0.4, -0.2) is 24.0 Å². The van der Waals surface area contributed by atoms with E-state index in [-0.39, 0.29) is 0 Å². The number of nitrogens with zero attached hydrogens (tertiary/aromatic N) is 1. The summed E-state index contributed by atoms with van der Waals surface area (Å²) in [5, 5.41) is 3.73. The van der Waals surface area contributed by atoms with Gasteiger partial charge in [-0.3, -0.25) is 4.90 Å². The molecule has 3 unspecified atom stereocenters. The number of hydrogen-bond donors (Lipinski definition) is 1. The van der Waals surface area contributed by atoms with Gasteiger partial charge in [-0.05, 0) is 49.5 Å². The van der Waals surface area contributed by atoms with Gasteiger partial charge in [-0.25, -0.2) is 0 Å². The second-order valence-electron chi connectivity index (χ2n) is 6.15. The predicted octanol–water partition coefficient (Wildman–Crippen LogP) is 3.90. The number of anilines is 1. The Morgan fingerprint density at radius 1 is 1.25 bits per heavy atom. The minimum absolute atomic E-state index is 0.655. The summed E-state index contributed by atoms with van der Waals surface area (Å²) in [5.41, 5.74) is 2.70. The van der Waals surface area contributed by atoms with Crippen LogP contribution >= 0.6 is 0 Å². The first kappa shape index (κ1) is 13.7. The molecule has 0 amide bonds. The van der Waals surface area contributed by atoms with E-state index >= 15 is 0 Å².